The Hall–Kier alpha value is -1.09. The lowest BCUT2D eigenvalue weighted by Crippen LogP contribution is -2.45. The average molecular weight is 264 g/mol. The number of hydrogen-bond donors (Lipinski definition) is 2. The van der Waals surface area contributed by atoms with Gasteiger partial charge in [-0.3, -0.25) is 0 Å². The molecular formula is C16H25FN2. The van der Waals surface area contributed by atoms with Crippen LogP contribution in [0.3, 0.4) is 0 Å². The number of nitrogens with two attached hydrogens (primary N) is 1. The number of anilines is 1. The first-order valence-corrected chi connectivity index (χ1v) is 7.19. The van der Waals surface area contributed by atoms with Crippen LogP contribution in [0.1, 0.15) is 46.0 Å². The predicted molar refractivity (Wildman–Crippen MR) is 78.7 cm³/mol. The number of benzene rings is 1. The first-order chi connectivity index (χ1) is 8.95. The van der Waals surface area contributed by atoms with Crippen molar-refractivity contribution in [3.63, 3.8) is 0 Å². The van der Waals surface area contributed by atoms with Crippen LogP contribution in [-0.2, 0) is 0 Å². The smallest absolute Gasteiger partial charge is 0.125 e. The fourth-order valence-electron chi connectivity index (χ4n) is 2.99. The first-order valence-electron chi connectivity index (χ1n) is 7.19. The molecule has 2 rings (SSSR count). The summed E-state index contributed by atoms with van der Waals surface area (Å²) >= 11 is 0. The van der Waals surface area contributed by atoms with E-state index < -0.39 is 0 Å². The molecule has 19 heavy (non-hydrogen) atoms. The molecule has 1 fully saturated rings. The van der Waals surface area contributed by atoms with Crippen molar-refractivity contribution in [1.29, 1.82) is 0 Å². The van der Waals surface area contributed by atoms with Gasteiger partial charge in [-0.15, -0.1) is 0 Å². The summed E-state index contributed by atoms with van der Waals surface area (Å²) in [5, 5.41) is 3.50. The summed E-state index contributed by atoms with van der Waals surface area (Å²) in [7, 11) is 0. The van der Waals surface area contributed by atoms with Crippen molar-refractivity contribution in [2.45, 2.75) is 51.5 Å². The molecule has 0 aliphatic heterocycles. The molecule has 0 spiro atoms. The van der Waals surface area contributed by atoms with Crippen molar-refractivity contribution < 1.29 is 4.39 Å². The van der Waals surface area contributed by atoms with Gasteiger partial charge in [-0.2, -0.15) is 0 Å². The summed E-state index contributed by atoms with van der Waals surface area (Å²) in [6.45, 7) is 5.24. The Labute approximate surface area is 115 Å². The Morgan fingerprint density at radius 2 is 2.00 bits per heavy atom. The van der Waals surface area contributed by atoms with Gasteiger partial charge in [0.1, 0.15) is 5.82 Å². The Morgan fingerprint density at radius 1 is 1.21 bits per heavy atom. The lowest BCUT2D eigenvalue weighted by atomic mass is 9.83. The molecule has 0 heterocycles. The van der Waals surface area contributed by atoms with Crippen LogP contribution in [0.2, 0.25) is 0 Å². The summed E-state index contributed by atoms with van der Waals surface area (Å²) in [6.07, 6.45) is 5.68. The lowest BCUT2D eigenvalue weighted by Gasteiger charge is -2.34. The van der Waals surface area contributed by atoms with Crippen LogP contribution in [0.4, 0.5) is 10.1 Å². The molecule has 3 N–H and O–H groups in total. The van der Waals surface area contributed by atoms with Crippen molar-refractivity contribution in [3.8, 4) is 0 Å². The maximum Gasteiger partial charge on any atom is 0.125 e. The van der Waals surface area contributed by atoms with E-state index in [1.54, 1.807) is 12.1 Å². The van der Waals surface area contributed by atoms with Crippen LogP contribution in [0.5, 0.6) is 0 Å². The van der Waals surface area contributed by atoms with Gasteiger partial charge in [-0.1, -0.05) is 26.3 Å². The molecule has 0 amide bonds. The molecule has 3 heteroatoms. The Morgan fingerprint density at radius 3 is 2.68 bits per heavy atom. The van der Waals surface area contributed by atoms with Gasteiger partial charge >= 0.3 is 0 Å². The van der Waals surface area contributed by atoms with E-state index in [-0.39, 0.29) is 11.4 Å². The van der Waals surface area contributed by atoms with Crippen molar-refractivity contribution in [2.75, 3.05) is 11.9 Å². The zero-order valence-electron chi connectivity index (χ0n) is 12.0. The van der Waals surface area contributed by atoms with Gasteiger partial charge in [0, 0.05) is 17.8 Å². The number of halogens is 1. The number of rotatable bonds is 3. The fraction of sp³-hybridized carbons (Fsp3) is 0.625. The van der Waals surface area contributed by atoms with Gasteiger partial charge in [0.05, 0.1) is 0 Å². The minimum Gasteiger partial charge on any atom is -0.378 e. The second kappa shape index (κ2) is 5.49. The molecule has 106 valence electrons. The summed E-state index contributed by atoms with van der Waals surface area (Å²) in [5.41, 5.74) is 7.17. The molecule has 0 saturated heterocycles. The quantitative estimate of drug-likeness (QED) is 0.812. The summed E-state index contributed by atoms with van der Waals surface area (Å²) in [6, 6.07) is 6.67. The Balaban J connectivity index is 2.14. The summed E-state index contributed by atoms with van der Waals surface area (Å²) in [5.74, 6) is -0.203. The number of hydrogen-bond acceptors (Lipinski definition) is 2. The largest absolute Gasteiger partial charge is 0.378 e. The van der Waals surface area contributed by atoms with Gasteiger partial charge in [0.15, 0.2) is 0 Å². The van der Waals surface area contributed by atoms with Crippen LogP contribution in [0, 0.1) is 11.2 Å². The lowest BCUT2D eigenvalue weighted by molar-refractivity contribution is 0.305. The summed E-state index contributed by atoms with van der Waals surface area (Å²) in [4.78, 5) is 0. The monoisotopic (exact) mass is 264 g/mol. The zero-order chi connectivity index (χ0) is 13.9. The van der Waals surface area contributed by atoms with Crippen LogP contribution in [0.25, 0.3) is 0 Å². The van der Waals surface area contributed by atoms with Crippen LogP contribution in [-0.4, -0.2) is 12.1 Å². The Bertz CT molecular complexity index is 431. The third-order valence-corrected chi connectivity index (χ3v) is 4.41. The molecule has 1 atom stereocenters. The molecule has 0 radical (unpaired) electrons. The van der Waals surface area contributed by atoms with E-state index in [4.69, 9.17) is 5.73 Å². The van der Waals surface area contributed by atoms with Gasteiger partial charge < -0.3 is 11.1 Å². The highest BCUT2D eigenvalue weighted by Gasteiger charge is 2.34. The molecule has 2 nitrogen and oxygen atoms in total. The standard InChI is InChI=1S/C16H25FN2/c1-15(2)7-4-8-16(12-18,10-9-15)19-14-6-3-5-13(17)11-14/h3,5-6,11,19H,4,7-10,12,18H2,1-2H3. The van der Waals surface area contributed by atoms with E-state index in [0.717, 1.165) is 24.9 Å². The van der Waals surface area contributed by atoms with Crippen LogP contribution < -0.4 is 11.1 Å². The zero-order valence-corrected chi connectivity index (χ0v) is 12.0. The first kappa shape index (κ1) is 14.3. The molecule has 1 aliphatic rings. The minimum absolute atomic E-state index is 0.0818. The van der Waals surface area contributed by atoms with Crippen molar-refractivity contribution in [1.82, 2.24) is 0 Å². The second-order valence-electron chi connectivity index (χ2n) is 6.64. The molecular weight excluding hydrogens is 239 g/mol. The highest BCUT2D eigenvalue weighted by atomic mass is 19.1. The molecule has 1 aliphatic carbocycles. The molecule has 0 aromatic heterocycles. The van der Waals surface area contributed by atoms with Gasteiger partial charge in [0.25, 0.3) is 0 Å². The average Bonchev–Trinajstić information content (AvgIpc) is 2.49. The second-order valence-corrected chi connectivity index (χ2v) is 6.64. The molecule has 1 aromatic carbocycles. The molecule has 1 saturated carbocycles. The highest BCUT2D eigenvalue weighted by molar-refractivity contribution is 5.46. The molecule has 1 aromatic rings. The van der Waals surface area contributed by atoms with Crippen LogP contribution in [0.15, 0.2) is 24.3 Å². The van der Waals surface area contributed by atoms with Gasteiger partial charge in [0.2, 0.25) is 0 Å². The maximum atomic E-state index is 13.3. The molecule has 1 unspecified atom stereocenters. The van der Waals surface area contributed by atoms with E-state index in [2.05, 4.69) is 19.2 Å². The van der Waals surface area contributed by atoms with E-state index in [9.17, 15) is 4.39 Å². The van der Waals surface area contributed by atoms with Gasteiger partial charge in [-0.25, -0.2) is 4.39 Å². The van der Waals surface area contributed by atoms with Crippen molar-refractivity contribution in [3.05, 3.63) is 30.1 Å². The maximum absolute atomic E-state index is 13.3. The van der Waals surface area contributed by atoms with Crippen molar-refractivity contribution >= 4 is 5.69 Å². The van der Waals surface area contributed by atoms with E-state index in [1.807, 2.05) is 6.07 Å². The van der Waals surface area contributed by atoms with Crippen LogP contribution >= 0.6 is 0 Å². The molecule has 0 bridgehead atoms. The normalized spacial score (nSPS) is 26.7. The third-order valence-electron chi connectivity index (χ3n) is 4.41. The predicted octanol–water partition coefficient (Wildman–Crippen LogP) is 3.93. The minimum atomic E-state index is -0.203. The van der Waals surface area contributed by atoms with E-state index in [1.165, 1.54) is 18.9 Å². The van der Waals surface area contributed by atoms with Crippen molar-refractivity contribution in [2.24, 2.45) is 11.1 Å². The highest BCUT2D eigenvalue weighted by Crippen LogP contribution is 2.39. The SMILES string of the molecule is CC1(C)CCCC(CN)(Nc2cccc(F)c2)CC1. The van der Waals surface area contributed by atoms with E-state index >= 15 is 0 Å². The van der Waals surface area contributed by atoms with Gasteiger partial charge in [-0.05, 0) is 49.3 Å². The van der Waals surface area contributed by atoms with E-state index in [0.29, 0.717) is 12.0 Å². The fourth-order valence-corrected chi connectivity index (χ4v) is 2.99. The third kappa shape index (κ3) is 3.69. The Kier molecular flexibility index (Phi) is 4.14. The topological polar surface area (TPSA) is 38.0 Å². The number of nitrogens with one attached hydrogen (secondary N) is 1. The summed E-state index contributed by atoms with van der Waals surface area (Å²) < 4.78 is 13.3.